The minimum atomic E-state index is -0.738. The molecule has 1 atom stereocenters. The zero-order valence-corrected chi connectivity index (χ0v) is 8.85. The van der Waals surface area contributed by atoms with E-state index in [1.54, 1.807) is 0 Å². The summed E-state index contributed by atoms with van der Waals surface area (Å²) in [5.74, 6) is -0.525. The lowest BCUT2D eigenvalue weighted by molar-refractivity contribution is -0.133. The van der Waals surface area contributed by atoms with Gasteiger partial charge in [0.05, 0.1) is 0 Å². The highest BCUT2D eigenvalue weighted by Crippen LogP contribution is 2.42. The zero-order valence-electron chi connectivity index (χ0n) is 8.85. The predicted octanol–water partition coefficient (Wildman–Crippen LogP) is 2.84. The van der Waals surface area contributed by atoms with Crippen molar-refractivity contribution in [2.75, 3.05) is 0 Å². The van der Waals surface area contributed by atoms with Gasteiger partial charge in [-0.3, -0.25) is 0 Å². The number of carbonyl (C=O) groups is 1. The van der Waals surface area contributed by atoms with Crippen LogP contribution in [0.4, 0.5) is 0 Å². The van der Waals surface area contributed by atoms with Crippen molar-refractivity contribution in [1.82, 2.24) is 0 Å². The molecule has 2 heteroatoms. The number of hydrogen-bond acceptors (Lipinski definition) is 1. The minimum Gasteiger partial charge on any atom is -0.478 e. The summed E-state index contributed by atoms with van der Waals surface area (Å²) >= 11 is 0. The third kappa shape index (κ3) is 1.77. The van der Waals surface area contributed by atoms with Crippen LogP contribution in [0, 0.1) is 11.3 Å². The molecule has 0 heterocycles. The first-order valence-electron chi connectivity index (χ1n) is 4.81. The first kappa shape index (κ1) is 10.3. The number of rotatable bonds is 1. The third-order valence-corrected chi connectivity index (χ3v) is 3.34. The Balaban J connectivity index is 3.15. The Morgan fingerprint density at radius 1 is 1.54 bits per heavy atom. The molecule has 0 bridgehead atoms. The molecule has 0 saturated heterocycles. The fourth-order valence-corrected chi connectivity index (χ4v) is 2.01. The number of hydrogen-bond donors (Lipinski definition) is 1. The van der Waals surface area contributed by atoms with Gasteiger partial charge < -0.3 is 5.11 Å². The molecule has 0 aromatic heterocycles. The van der Waals surface area contributed by atoms with Gasteiger partial charge in [-0.05, 0) is 31.1 Å². The SMILES string of the molecule is CC1=C(C(=O)O)C(C)CCC1(C)C. The minimum absolute atomic E-state index is 0.0697. The van der Waals surface area contributed by atoms with Crippen LogP contribution < -0.4 is 0 Å². The lowest BCUT2D eigenvalue weighted by atomic mass is 9.70. The van der Waals surface area contributed by atoms with Crippen molar-refractivity contribution >= 4 is 5.97 Å². The van der Waals surface area contributed by atoms with Gasteiger partial charge in [-0.1, -0.05) is 26.3 Å². The van der Waals surface area contributed by atoms with E-state index in [9.17, 15) is 4.79 Å². The van der Waals surface area contributed by atoms with Crippen molar-refractivity contribution in [2.45, 2.75) is 40.5 Å². The van der Waals surface area contributed by atoms with E-state index >= 15 is 0 Å². The Labute approximate surface area is 79.6 Å². The quantitative estimate of drug-likeness (QED) is 0.677. The lowest BCUT2D eigenvalue weighted by Gasteiger charge is -2.35. The molecule has 0 fully saturated rings. The molecule has 0 saturated carbocycles. The van der Waals surface area contributed by atoms with Gasteiger partial charge in [0.15, 0.2) is 0 Å². The van der Waals surface area contributed by atoms with Crippen LogP contribution in [0.1, 0.15) is 40.5 Å². The van der Waals surface area contributed by atoms with E-state index in [0.717, 1.165) is 18.4 Å². The van der Waals surface area contributed by atoms with Crippen molar-refractivity contribution < 1.29 is 9.90 Å². The molecule has 1 rings (SSSR count). The van der Waals surface area contributed by atoms with Crippen LogP contribution in [-0.2, 0) is 4.79 Å². The van der Waals surface area contributed by atoms with Gasteiger partial charge in [0.1, 0.15) is 0 Å². The van der Waals surface area contributed by atoms with Crippen molar-refractivity contribution in [3.63, 3.8) is 0 Å². The highest BCUT2D eigenvalue weighted by molar-refractivity contribution is 5.88. The van der Waals surface area contributed by atoms with Gasteiger partial charge in [-0.15, -0.1) is 0 Å². The molecule has 1 unspecified atom stereocenters. The normalized spacial score (nSPS) is 27.5. The molecule has 1 N–H and O–H groups in total. The van der Waals surface area contributed by atoms with Crippen molar-refractivity contribution in [3.8, 4) is 0 Å². The zero-order chi connectivity index (χ0) is 10.2. The Morgan fingerprint density at radius 2 is 2.08 bits per heavy atom. The second-order valence-corrected chi connectivity index (χ2v) is 4.67. The molecule has 0 aliphatic heterocycles. The van der Waals surface area contributed by atoms with Crippen LogP contribution in [0.25, 0.3) is 0 Å². The van der Waals surface area contributed by atoms with Gasteiger partial charge in [-0.2, -0.15) is 0 Å². The molecule has 1 aliphatic carbocycles. The van der Waals surface area contributed by atoms with Crippen LogP contribution in [0.3, 0.4) is 0 Å². The fourth-order valence-electron chi connectivity index (χ4n) is 2.01. The van der Waals surface area contributed by atoms with Crippen LogP contribution in [-0.4, -0.2) is 11.1 Å². The molecular formula is C11H18O2. The van der Waals surface area contributed by atoms with E-state index in [0.29, 0.717) is 5.57 Å². The van der Waals surface area contributed by atoms with E-state index in [1.165, 1.54) is 0 Å². The van der Waals surface area contributed by atoms with Gasteiger partial charge in [0, 0.05) is 5.57 Å². The molecule has 0 aromatic rings. The maximum absolute atomic E-state index is 11.0. The number of allylic oxidation sites excluding steroid dienone is 1. The predicted molar refractivity (Wildman–Crippen MR) is 52.5 cm³/mol. The number of carboxylic acid groups (broad SMARTS) is 1. The molecule has 13 heavy (non-hydrogen) atoms. The number of carboxylic acids is 1. The topological polar surface area (TPSA) is 37.3 Å². The van der Waals surface area contributed by atoms with Crippen LogP contribution in [0.2, 0.25) is 0 Å². The molecular weight excluding hydrogens is 164 g/mol. The van der Waals surface area contributed by atoms with Crippen LogP contribution >= 0.6 is 0 Å². The number of aliphatic carboxylic acids is 1. The van der Waals surface area contributed by atoms with Crippen molar-refractivity contribution in [1.29, 1.82) is 0 Å². The second-order valence-electron chi connectivity index (χ2n) is 4.67. The summed E-state index contributed by atoms with van der Waals surface area (Å²) in [5.41, 5.74) is 1.76. The van der Waals surface area contributed by atoms with Crippen molar-refractivity contribution in [3.05, 3.63) is 11.1 Å². The molecule has 74 valence electrons. The standard InChI is InChI=1S/C11H18O2/c1-7-5-6-11(3,4)8(2)9(7)10(12)13/h7H,5-6H2,1-4H3,(H,12,13). The molecule has 0 aromatic carbocycles. The summed E-state index contributed by atoms with van der Waals surface area (Å²) in [4.78, 5) is 11.0. The Hall–Kier alpha value is -0.790. The fraction of sp³-hybridized carbons (Fsp3) is 0.727. The largest absolute Gasteiger partial charge is 0.478 e. The highest BCUT2D eigenvalue weighted by atomic mass is 16.4. The average Bonchev–Trinajstić information content (AvgIpc) is 1.98. The van der Waals surface area contributed by atoms with E-state index in [-0.39, 0.29) is 11.3 Å². The molecule has 0 amide bonds. The summed E-state index contributed by atoms with van der Waals surface area (Å²) < 4.78 is 0. The maximum Gasteiger partial charge on any atom is 0.331 e. The molecule has 0 spiro atoms. The summed E-state index contributed by atoms with van der Waals surface area (Å²) in [6, 6.07) is 0. The Kier molecular flexibility index (Phi) is 2.51. The van der Waals surface area contributed by atoms with Gasteiger partial charge in [0.2, 0.25) is 0 Å². The van der Waals surface area contributed by atoms with E-state index in [2.05, 4.69) is 13.8 Å². The third-order valence-electron chi connectivity index (χ3n) is 3.34. The molecule has 2 nitrogen and oxygen atoms in total. The summed E-state index contributed by atoms with van der Waals surface area (Å²) in [6.07, 6.45) is 2.09. The second kappa shape index (κ2) is 3.17. The summed E-state index contributed by atoms with van der Waals surface area (Å²) in [5, 5.41) is 9.05. The van der Waals surface area contributed by atoms with Gasteiger partial charge >= 0.3 is 5.97 Å². The maximum atomic E-state index is 11.0. The van der Waals surface area contributed by atoms with E-state index < -0.39 is 5.97 Å². The van der Waals surface area contributed by atoms with Gasteiger partial charge in [0.25, 0.3) is 0 Å². The van der Waals surface area contributed by atoms with Crippen LogP contribution in [0.5, 0.6) is 0 Å². The van der Waals surface area contributed by atoms with Crippen molar-refractivity contribution in [2.24, 2.45) is 11.3 Å². The first-order valence-corrected chi connectivity index (χ1v) is 4.81. The molecule has 1 aliphatic rings. The lowest BCUT2D eigenvalue weighted by Crippen LogP contribution is -2.27. The first-order chi connectivity index (χ1) is 5.86. The van der Waals surface area contributed by atoms with E-state index in [4.69, 9.17) is 5.11 Å². The smallest absolute Gasteiger partial charge is 0.331 e. The average molecular weight is 182 g/mol. The molecule has 0 radical (unpaired) electrons. The summed E-state index contributed by atoms with van der Waals surface area (Å²) in [6.45, 7) is 8.20. The van der Waals surface area contributed by atoms with Gasteiger partial charge in [-0.25, -0.2) is 4.79 Å². The van der Waals surface area contributed by atoms with E-state index in [1.807, 2.05) is 13.8 Å². The highest BCUT2D eigenvalue weighted by Gasteiger charge is 2.33. The van der Waals surface area contributed by atoms with Crippen LogP contribution in [0.15, 0.2) is 11.1 Å². The Morgan fingerprint density at radius 3 is 2.46 bits per heavy atom. The Bertz CT molecular complexity index is 261. The summed E-state index contributed by atoms with van der Waals surface area (Å²) in [7, 11) is 0. The monoisotopic (exact) mass is 182 g/mol.